The summed E-state index contributed by atoms with van der Waals surface area (Å²) in [5.74, 6) is 0.778. The molecule has 0 aliphatic heterocycles. The van der Waals surface area contributed by atoms with Crippen molar-refractivity contribution in [2.24, 2.45) is 0 Å². The molecule has 2 aromatic rings. The number of methoxy groups -OCH3 is 1. The first-order chi connectivity index (χ1) is 10.1. The molecule has 0 saturated carbocycles. The topological polar surface area (TPSA) is 41.5 Å². The SMILES string of the molecule is COc1ccc(Cl)cc1CNC(C)(CO)c1ccccc1. The van der Waals surface area contributed by atoms with Crippen LogP contribution in [0.1, 0.15) is 18.1 Å². The van der Waals surface area contributed by atoms with Gasteiger partial charge in [-0.25, -0.2) is 0 Å². The zero-order chi connectivity index (χ0) is 15.3. The van der Waals surface area contributed by atoms with Crippen LogP contribution in [0.25, 0.3) is 0 Å². The Bertz CT molecular complexity index is 589. The van der Waals surface area contributed by atoms with Crippen LogP contribution in [0.2, 0.25) is 5.02 Å². The predicted molar refractivity (Wildman–Crippen MR) is 85.7 cm³/mol. The van der Waals surface area contributed by atoms with Crippen molar-refractivity contribution in [3.63, 3.8) is 0 Å². The fraction of sp³-hybridized carbons (Fsp3) is 0.294. The molecule has 0 radical (unpaired) electrons. The van der Waals surface area contributed by atoms with E-state index in [1.807, 2.05) is 49.4 Å². The van der Waals surface area contributed by atoms with E-state index in [1.54, 1.807) is 13.2 Å². The number of hydrogen-bond donors (Lipinski definition) is 2. The lowest BCUT2D eigenvalue weighted by Gasteiger charge is -2.30. The van der Waals surface area contributed by atoms with Crippen LogP contribution in [0.5, 0.6) is 5.75 Å². The Morgan fingerprint density at radius 3 is 2.52 bits per heavy atom. The summed E-state index contributed by atoms with van der Waals surface area (Å²) >= 11 is 6.04. The third-order valence-corrected chi connectivity index (χ3v) is 3.87. The normalized spacial score (nSPS) is 13.7. The smallest absolute Gasteiger partial charge is 0.123 e. The van der Waals surface area contributed by atoms with Crippen LogP contribution in [0.3, 0.4) is 0 Å². The Morgan fingerprint density at radius 1 is 1.19 bits per heavy atom. The van der Waals surface area contributed by atoms with Crippen molar-refractivity contribution < 1.29 is 9.84 Å². The minimum Gasteiger partial charge on any atom is -0.496 e. The van der Waals surface area contributed by atoms with Gasteiger partial charge in [-0.1, -0.05) is 41.9 Å². The van der Waals surface area contributed by atoms with Gasteiger partial charge in [0.05, 0.1) is 19.3 Å². The van der Waals surface area contributed by atoms with Crippen LogP contribution >= 0.6 is 11.6 Å². The first-order valence-electron chi connectivity index (χ1n) is 6.83. The summed E-state index contributed by atoms with van der Waals surface area (Å²) in [6.45, 7) is 2.52. The van der Waals surface area contributed by atoms with Gasteiger partial charge in [0.15, 0.2) is 0 Å². The van der Waals surface area contributed by atoms with E-state index in [1.165, 1.54) is 0 Å². The molecule has 0 aliphatic rings. The molecule has 0 amide bonds. The van der Waals surface area contributed by atoms with E-state index in [0.29, 0.717) is 11.6 Å². The average molecular weight is 306 g/mol. The van der Waals surface area contributed by atoms with Gasteiger partial charge in [0.25, 0.3) is 0 Å². The summed E-state index contributed by atoms with van der Waals surface area (Å²) in [5.41, 5.74) is 1.48. The summed E-state index contributed by atoms with van der Waals surface area (Å²) < 4.78 is 5.34. The maximum atomic E-state index is 9.78. The van der Waals surface area contributed by atoms with Crippen molar-refractivity contribution in [2.75, 3.05) is 13.7 Å². The van der Waals surface area contributed by atoms with Crippen LogP contribution in [0.15, 0.2) is 48.5 Å². The Kier molecular flexibility index (Phi) is 5.23. The van der Waals surface area contributed by atoms with E-state index in [9.17, 15) is 5.11 Å². The fourth-order valence-corrected chi connectivity index (χ4v) is 2.43. The van der Waals surface area contributed by atoms with E-state index in [2.05, 4.69) is 5.32 Å². The minimum atomic E-state index is -0.519. The second-order valence-corrected chi connectivity index (χ2v) is 5.60. The molecule has 0 heterocycles. The van der Waals surface area contributed by atoms with Crippen LogP contribution in [-0.2, 0) is 12.1 Å². The van der Waals surface area contributed by atoms with Crippen LogP contribution in [0, 0.1) is 0 Å². The van der Waals surface area contributed by atoms with Crippen molar-refractivity contribution in [3.8, 4) is 5.75 Å². The molecule has 2 rings (SSSR count). The largest absolute Gasteiger partial charge is 0.496 e. The first-order valence-corrected chi connectivity index (χ1v) is 7.20. The van der Waals surface area contributed by atoms with Gasteiger partial charge in [-0.15, -0.1) is 0 Å². The average Bonchev–Trinajstić information content (AvgIpc) is 2.53. The van der Waals surface area contributed by atoms with E-state index in [-0.39, 0.29) is 6.61 Å². The molecule has 0 saturated heterocycles. The predicted octanol–water partition coefficient (Wildman–Crippen LogP) is 3.35. The number of rotatable bonds is 6. The third kappa shape index (κ3) is 3.76. The third-order valence-electron chi connectivity index (χ3n) is 3.64. The molecule has 0 fully saturated rings. The Labute approximate surface area is 130 Å². The van der Waals surface area contributed by atoms with Crippen molar-refractivity contribution in [3.05, 3.63) is 64.7 Å². The van der Waals surface area contributed by atoms with E-state index in [0.717, 1.165) is 16.9 Å². The summed E-state index contributed by atoms with van der Waals surface area (Å²) in [5, 5.41) is 13.8. The van der Waals surface area contributed by atoms with Crippen LogP contribution in [-0.4, -0.2) is 18.8 Å². The molecule has 21 heavy (non-hydrogen) atoms. The molecular formula is C17H20ClNO2. The number of aliphatic hydroxyl groups excluding tert-OH is 1. The van der Waals surface area contributed by atoms with Crippen molar-refractivity contribution in [1.29, 1.82) is 0 Å². The van der Waals surface area contributed by atoms with Gasteiger partial charge in [0, 0.05) is 17.1 Å². The lowest BCUT2D eigenvalue weighted by atomic mass is 9.92. The maximum Gasteiger partial charge on any atom is 0.123 e. The molecular weight excluding hydrogens is 286 g/mol. The molecule has 0 bridgehead atoms. The highest BCUT2D eigenvalue weighted by Gasteiger charge is 2.25. The van der Waals surface area contributed by atoms with Gasteiger partial charge in [-0.2, -0.15) is 0 Å². The molecule has 0 aliphatic carbocycles. The van der Waals surface area contributed by atoms with Crippen molar-refractivity contribution >= 4 is 11.6 Å². The lowest BCUT2D eigenvalue weighted by Crippen LogP contribution is -2.42. The van der Waals surface area contributed by atoms with E-state index in [4.69, 9.17) is 16.3 Å². The molecule has 2 N–H and O–H groups in total. The Morgan fingerprint density at radius 2 is 1.90 bits per heavy atom. The second-order valence-electron chi connectivity index (χ2n) is 5.17. The molecule has 112 valence electrons. The number of aliphatic hydroxyl groups is 1. The van der Waals surface area contributed by atoms with Crippen molar-refractivity contribution in [1.82, 2.24) is 5.32 Å². The van der Waals surface area contributed by atoms with Crippen molar-refractivity contribution in [2.45, 2.75) is 19.0 Å². The quantitative estimate of drug-likeness (QED) is 0.860. The standard InChI is InChI=1S/C17H20ClNO2/c1-17(12-20,14-6-4-3-5-7-14)19-11-13-10-15(18)8-9-16(13)21-2/h3-10,19-20H,11-12H2,1-2H3. The maximum absolute atomic E-state index is 9.78. The van der Waals surface area contributed by atoms with Gasteiger partial charge in [-0.05, 0) is 30.7 Å². The molecule has 0 spiro atoms. The highest BCUT2D eigenvalue weighted by molar-refractivity contribution is 6.30. The number of ether oxygens (including phenoxy) is 1. The number of hydrogen-bond acceptors (Lipinski definition) is 3. The molecule has 4 heteroatoms. The van der Waals surface area contributed by atoms with Gasteiger partial charge in [0.1, 0.15) is 5.75 Å². The summed E-state index contributed by atoms with van der Waals surface area (Å²) in [7, 11) is 1.63. The van der Waals surface area contributed by atoms with Gasteiger partial charge in [-0.3, -0.25) is 0 Å². The number of halogens is 1. The molecule has 1 atom stereocenters. The van der Waals surface area contributed by atoms with E-state index >= 15 is 0 Å². The Balaban J connectivity index is 2.19. The van der Waals surface area contributed by atoms with Gasteiger partial charge >= 0.3 is 0 Å². The van der Waals surface area contributed by atoms with E-state index < -0.39 is 5.54 Å². The van der Waals surface area contributed by atoms with Gasteiger partial charge < -0.3 is 15.2 Å². The highest BCUT2D eigenvalue weighted by atomic mass is 35.5. The van der Waals surface area contributed by atoms with Crippen LogP contribution < -0.4 is 10.1 Å². The summed E-state index contributed by atoms with van der Waals surface area (Å²) in [6, 6.07) is 15.4. The summed E-state index contributed by atoms with van der Waals surface area (Å²) in [6.07, 6.45) is 0. The Hall–Kier alpha value is -1.55. The highest BCUT2D eigenvalue weighted by Crippen LogP contribution is 2.25. The molecule has 0 aromatic heterocycles. The summed E-state index contributed by atoms with van der Waals surface area (Å²) in [4.78, 5) is 0. The lowest BCUT2D eigenvalue weighted by molar-refractivity contribution is 0.173. The zero-order valence-electron chi connectivity index (χ0n) is 12.3. The first kappa shape index (κ1) is 15.8. The molecule has 2 aromatic carbocycles. The molecule has 1 unspecified atom stereocenters. The van der Waals surface area contributed by atoms with Crippen LogP contribution in [0.4, 0.5) is 0 Å². The fourth-order valence-electron chi connectivity index (χ4n) is 2.23. The zero-order valence-corrected chi connectivity index (χ0v) is 13.0. The monoisotopic (exact) mass is 305 g/mol. The minimum absolute atomic E-state index is 0.000105. The second kappa shape index (κ2) is 6.94. The number of benzene rings is 2. The van der Waals surface area contributed by atoms with Gasteiger partial charge in [0.2, 0.25) is 0 Å². The molecule has 3 nitrogen and oxygen atoms in total. The number of nitrogens with one attached hydrogen (secondary N) is 1.